The van der Waals surface area contributed by atoms with Crippen LogP contribution < -0.4 is 4.74 Å². The highest BCUT2D eigenvalue weighted by atomic mass is 16.5. The monoisotopic (exact) mass is 296 g/mol. The lowest BCUT2D eigenvalue weighted by Crippen LogP contribution is -2.23. The van der Waals surface area contributed by atoms with Crippen LogP contribution in [0.15, 0.2) is 54.9 Å². The number of benzene rings is 2. The predicted molar refractivity (Wildman–Crippen MR) is 87.1 cm³/mol. The Morgan fingerprint density at radius 1 is 1.14 bits per heavy atom. The number of hydrogen-bond donors (Lipinski definition) is 1. The van der Waals surface area contributed by atoms with E-state index < -0.39 is 6.10 Å². The Labute approximate surface area is 130 Å². The van der Waals surface area contributed by atoms with Crippen molar-refractivity contribution in [3.63, 3.8) is 0 Å². The van der Waals surface area contributed by atoms with E-state index >= 15 is 0 Å². The van der Waals surface area contributed by atoms with Gasteiger partial charge in [0.05, 0.1) is 23.9 Å². The predicted octanol–water partition coefficient (Wildman–Crippen LogP) is 3.04. The summed E-state index contributed by atoms with van der Waals surface area (Å²) in [6.07, 6.45) is 2.18. The van der Waals surface area contributed by atoms with E-state index in [2.05, 4.69) is 11.9 Å². The quantitative estimate of drug-likeness (QED) is 0.760. The van der Waals surface area contributed by atoms with Crippen molar-refractivity contribution in [2.75, 3.05) is 6.61 Å². The normalized spacial score (nSPS) is 12.5. The van der Waals surface area contributed by atoms with Crippen LogP contribution in [-0.2, 0) is 13.0 Å². The maximum atomic E-state index is 10.2. The van der Waals surface area contributed by atoms with Gasteiger partial charge in [-0.25, -0.2) is 4.98 Å². The molecule has 0 aliphatic heterocycles. The van der Waals surface area contributed by atoms with Crippen LogP contribution in [-0.4, -0.2) is 27.4 Å². The van der Waals surface area contributed by atoms with E-state index in [1.54, 1.807) is 6.33 Å². The molecule has 114 valence electrons. The fourth-order valence-electron chi connectivity index (χ4n) is 2.45. The van der Waals surface area contributed by atoms with Crippen LogP contribution >= 0.6 is 0 Å². The van der Waals surface area contributed by atoms with Crippen LogP contribution in [0.4, 0.5) is 0 Å². The summed E-state index contributed by atoms with van der Waals surface area (Å²) in [5.41, 5.74) is 3.23. The lowest BCUT2D eigenvalue weighted by Gasteiger charge is -2.13. The molecule has 0 saturated carbocycles. The summed E-state index contributed by atoms with van der Waals surface area (Å²) in [5, 5.41) is 10.2. The summed E-state index contributed by atoms with van der Waals surface area (Å²) in [6.45, 7) is 2.85. The largest absolute Gasteiger partial charge is 0.491 e. The summed E-state index contributed by atoms with van der Waals surface area (Å²) in [6, 6.07) is 15.9. The molecule has 0 bridgehead atoms. The molecular formula is C18H20N2O2. The number of aryl methyl sites for hydroxylation is 1. The van der Waals surface area contributed by atoms with Crippen LogP contribution in [0.2, 0.25) is 0 Å². The van der Waals surface area contributed by atoms with Gasteiger partial charge >= 0.3 is 0 Å². The number of imidazole rings is 1. The molecule has 2 aromatic carbocycles. The second kappa shape index (κ2) is 6.62. The van der Waals surface area contributed by atoms with Crippen molar-refractivity contribution in [1.82, 2.24) is 9.55 Å². The number of aliphatic hydroxyl groups is 1. The third kappa shape index (κ3) is 3.28. The van der Waals surface area contributed by atoms with E-state index in [-0.39, 0.29) is 6.61 Å². The Morgan fingerprint density at radius 3 is 2.68 bits per heavy atom. The first-order chi connectivity index (χ1) is 10.8. The number of aromatic nitrogens is 2. The van der Waals surface area contributed by atoms with Gasteiger partial charge in [0, 0.05) is 0 Å². The fraction of sp³-hybridized carbons (Fsp3) is 0.278. The average molecular weight is 296 g/mol. The number of aliphatic hydroxyl groups excluding tert-OH is 1. The molecule has 3 aromatic rings. The second-order valence-corrected chi connectivity index (χ2v) is 5.35. The number of para-hydroxylation sites is 2. The molecule has 0 radical (unpaired) electrons. The van der Waals surface area contributed by atoms with Crippen molar-refractivity contribution in [3.05, 3.63) is 60.4 Å². The summed E-state index contributed by atoms with van der Waals surface area (Å²) in [5.74, 6) is 0.784. The minimum absolute atomic E-state index is 0.262. The highest BCUT2D eigenvalue weighted by Gasteiger charge is 2.09. The third-order valence-corrected chi connectivity index (χ3v) is 3.71. The van der Waals surface area contributed by atoms with E-state index in [1.165, 1.54) is 5.56 Å². The molecule has 0 spiro atoms. The maximum absolute atomic E-state index is 10.2. The molecule has 0 aliphatic carbocycles. The first kappa shape index (κ1) is 14.6. The third-order valence-electron chi connectivity index (χ3n) is 3.71. The number of nitrogens with zero attached hydrogens (tertiary/aromatic N) is 2. The Balaban J connectivity index is 1.59. The molecule has 1 heterocycles. The van der Waals surface area contributed by atoms with Crippen LogP contribution in [0.1, 0.15) is 12.5 Å². The molecule has 1 atom stereocenters. The minimum atomic E-state index is -0.580. The highest BCUT2D eigenvalue weighted by Crippen LogP contribution is 2.14. The van der Waals surface area contributed by atoms with Gasteiger partial charge in [0.25, 0.3) is 0 Å². The average Bonchev–Trinajstić information content (AvgIpc) is 2.97. The van der Waals surface area contributed by atoms with Gasteiger partial charge in [0.15, 0.2) is 0 Å². The minimum Gasteiger partial charge on any atom is -0.491 e. The molecule has 0 amide bonds. The summed E-state index contributed by atoms with van der Waals surface area (Å²) >= 11 is 0. The van der Waals surface area contributed by atoms with Crippen molar-refractivity contribution < 1.29 is 9.84 Å². The molecule has 1 unspecified atom stereocenters. The zero-order valence-corrected chi connectivity index (χ0v) is 12.6. The SMILES string of the molecule is CCc1ccc(OCC(O)Cn2cnc3ccccc32)cc1. The van der Waals surface area contributed by atoms with E-state index in [0.717, 1.165) is 23.2 Å². The van der Waals surface area contributed by atoms with Gasteiger partial charge in [-0.1, -0.05) is 31.2 Å². The van der Waals surface area contributed by atoms with Crippen LogP contribution in [0.25, 0.3) is 11.0 Å². The summed E-state index contributed by atoms with van der Waals surface area (Å²) in [7, 11) is 0. The van der Waals surface area contributed by atoms with E-state index in [0.29, 0.717) is 6.54 Å². The zero-order valence-electron chi connectivity index (χ0n) is 12.6. The van der Waals surface area contributed by atoms with Crippen LogP contribution in [0, 0.1) is 0 Å². The molecule has 0 aliphatic rings. The summed E-state index contributed by atoms with van der Waals surface area (Å²) < 4.78 is 7.59. The molecule has 0 saturated heterocycles. The zero-order chi connectivity index (χ0) is 15.4. The van der Waals surface area contributed by atoms with Gasteiger partial charge in [-0.3, -0.25) is 0 Å². The molecule has 4 heteroatoms. The lowest BCUT2D eigenvalue weighted by atomic mass is 10.2. The van der Waals surface area contributed by atoms with Crippen molar-refractivity contribution in [3.8, 4) is 5.75 Å². The number of hydrogen-bond acceptors (Lipinski definition) is 3. The highest BCUT2D eigenvalue weighted by molar-refractivity contribution is 5.74. The van der Waals surface area contributed by atoms with Crippen LogP contribution in [0.3, 0.4) is 0 Å². The molecular weight excluding hydrogens is 276 g/mol. The number of fused-ring (bicyclic) bond motifs is 1. The molecule has 0 fully saturated rings. The Morgan fingerprint density at radius 2 is 1.91 bits per heavy atom. The Hall–Kier alpha value is -2.33. The molecule has 22 heavy (non-hydrogen) atoms. The van der Waals surface area contributed by atoms with E-state index in [9.17, 15) is 5.11 Å². The number of ether oxygens (including phenoxy) is 1. The van der Waals surface area contributed by atoms with Crippen molar-refractivity contribution in [1.29, 1.82) is 0 Å². The Bertz CT molecular complexity index is 734. The van der Waals surface area contributed by atoms with E-state index in [1.807, 2.05) is 53.1 Å². The van der Waals surface area contributed by atoms with Gasteiger partial charge in [-0.2, -0.15) is 0 Å². The van der Waals surface area contributed by atoms with Crippen LogP contribution in [0.5, 0.6) is 5.75 Å². The smallest absolute Gasteiger partial charge is 0.119 e. The van der Waals surface area contributed by atoms with Crippen molar-refractivity contribution in [2.24, 2.45) is 0 Å². The molecule has 4 nitrogen and oxygen atoms in total. The maximum Gasteiger partial charge on any atom is 0.119 e. The van der Waals surface area contributed by atoms with Gasteiger partial charge in [0.1, 0.15) is 18.5 Å². The molecule has 3 rings (SSSR count). The fourth-order valence-corrected chi connectivity index (χ4v) is 2.45. The van der Waals surface area contributed by atoms with Gasteiger partial charge in [0.2, 0.25) is 0 Å². The van der Waals surface area contributed by atoms with Gasteiger partial charge in [-0.05, 0) is 36.2 Å². The first-order valence-electron chi connectivity index (χ1n) is 7.56. The topological polar surface area (TPSA) is 47.3 Å². The van der Waals surface area contributed by atoms with E-state index in [4.69, 9.17) is 4.74 Å². The molecule has 1 N–H and O–H groups in total. The van der Waals surface area contributed by atoms with Gasteiger partial charge in [-0.15, -0.1) is 0 Å². The van der Waals surface area contributed by atoms with Gasteiger partial charge < -0.3 is 14.4 Å². The standard InChI is InChI=1S/C18H20N2O2/c1-2-14-7-9-16(10-8-14)22-12-15(21)11-20-13-19-17-5-3-4-6-18(17)20/h3-10,13,15,21H,2,11-12H2,1H3. The lowest BCUT2D eigenvalue weighted by molar-refractivity contribution is 0.0934. The second-order valence-electron chi connectivity index (χ2n) is 5.35. The first-order valence-corrected chi connectivity index (χ1v) is 7.56. The Kier molecular flexibility index (Phi) is 4.39. The summed E-state index contributed by atoms with van der Waals surface area (Å²) in [4.78, 5) is 4.32. The number of rotatable bonds is 6. The van der Waals surface area contributed by atoms with Crippen molar-refractivity contribution >= 4 is 11.0 Å². The molecule has 1 aromatic heterocycles. The van der Waals surface area contributed by atoms with Crippen molar-refractivity contribution in [2.45, 2.75) is 26.0 Å².